The number of amides is 1. The second-order valence-electron chi connectivity index (χ2n) is 8.19. The predicted octanol–water partition coefficient (Wildman–Crippen LogP) is 6.71. The molecule has 5 nitrogen and oxygen atoms in total. The molecular formula is C28H27ClN2O3. The molecule has 0 bridgehead atoms. The number of aryl methyl sites for hydroxylation is 3. The van der Waals surface area contributed by atoms with Crippen LogP contribution in [0.15, 0.2) is 54.1 Å². The Morgan fingerprint density at radius 3 is 2.44 bits per heavy atom. The molecule has 1 amide bonds. The molecule has 6 heteroatoms. The largest absolute Gasteiger partial charge is 0.493 e. The first-order valence-electron chi connectivity index (χ1n) is 10.8. The van der Waals surface area contributed by atoms with Crippen molar-refractivity contribution in [2.45, 2.75) is 34.3 Å². The van der Waals surface area contributed by atoms with Crippen molar-refractivity contribution in [3.05, 3.63) is 92.5 Å². The summed E-state index contributed by atoms with van der Waals surface area (Å²) in [6, 6.07) is 17.1. The van der Waals surface area contributed by atoms with E-state index in [1.54, 1.807) is 18.2 Å². The molecule has 0 aliphatic carbocycles. The van der Waals surface area contributed by atoms with Crippen molar-refractivity contribution >= 4 is 29.3 Å². The topological polar surface area (TPSA) is 71.3 Å². The lowest BCUT2D eigenvalue weighted by molar-refractivity contribution is -0.112. The van der Waals surface area contributed by atoms with Gasteiger partial charge < -0.3 is 14.8 Å². The standard InChI is InChI=1S/C28H27ClN2O3/c1-17-9-18(2)11-22(10-17)16-34-27-24(29)13-21(14-26(27)33-5)12-23(15-30)28(32)31-25-8-6-7-19(3)20(25)4/h6-14H,16H2,1-5H3,(H,31,32)/b23-12+. The second kappa shape index (κ2) is 10.9. The number of nitrogens with one attached hydrogen (secondary N) is 1. The van der Waals surface area contributed by atoms with Gasteiger partial charge in [0.25, 0.3) is 5.91 Å². The van der Waals surface area contributed by atoms with Crippen LogP contribution in [0, 0.1) is 39.0 Å². The van der Waals surface area contributed by atoms with Crippen LogP contribution in [0.1, 0.15) is 33.4 Å². The van der Waals surface area contributed by atoms with Gasteiger partial charge in [-0.15, -0.1) is 0 Å². The summed E-state index contributed by atoms with van der Waals surface area (Å²) >= 11 is 6.50. The minimum absolute atomic E-state index is 0.0528. The first kappa shape index (κ1) is 24.9. The Morgan fingerprint density at radius 1 is 1.09 bits per heavy atom. The quantitative estimate of drug-likeness (QED) is 0.305. The molecule has 0 aromatic heterocycles. The molecule has 0 heterocycles. The van der Waals surface area contributed by atoms with Gasteiger partial charge in [-0.2, -0.15) is 5.26 Å². The Balaban J connectivity index is 1.84. The molecule has 34 heavy (non-hydrogen) atoms. The fourth-order valence-electron chi connectivity index (χ4n) is 3.66. The highest BCUT2D eigenvalue weighted by Gasteiger charge is 2.15. The van der Waals surface area contributed by atoms with Crippen molar-refractivity contribution < 1.29 is 14.3 Å². The van der Waals surface area contributed by atoms with Gasteiger partial charge in [-0.25, -0.2) is 0 Å². The highest BCUT2D eigenvalue weighted by atomic mass is 35.5. The van der Waals surface area contributed by atoms with E-state index in [1.165, 1.54) is 13.2 Å². The third-order valence-electron chi connectivity index (χ3n) is 5.45. The summed E-state index contributed by atoms with van der Waals surface area (Å²) in [4.78, 5) is 12.7. The number of carbonyl (C=O) groups excluding carboxylic acids is 1. The van der Waals surface area contributed by atoms with E-state index in [0.717, 1.165) is 27.8 Å². The van der Waals surface area contributed by atoms with Crippen molar-refractivity contribution in [3.8, 4) is 17.6 Å². The molecule has 3 aromatic rings. The number of methoxy groups -OCH3 is 1. The molecule has 0 unspecified atom stereocenters. The second-order valence-corrected chi connectivity index (χ2v) is 8.60. The highest BCUT2D eigenvalue weighted by molar-refractivity contribution is 6.32. The number of rotatable bonds is 7. The van der Waals surface area contributed by atoms with Crippen molar-refractivity contribution in [1.29, 1.82) is 5.26 Å². The maximum atomic E-state index is 12.7. The molecule has 1 N–H and O–H groups in total. The maximum absolute atomic E-state index is 12.7. The van der Waals surface area contributed by atoms with Crippen molar-refractivity contribution in [2.75, 3.05) is 12.4 Å². The lowest BCUT2D eigenvalue weighted by Crippen LogP contribution is -2.14. The molecule has 0 saturated carbocycles. The van der Waals surface area contributed by atoms with E-state index < -0.39 is 5.91 Å². The Kier molecular flexibility index (Phi) is 7.99. The number of hydrogen-bond donors (Lipinski definition) is 1. The van der Waals surface area contributed by atoms with Crippen molar-refractivity contribution in [2.24, 2.45) is 0 Å². The van der Waals surface area contributed by atoms with Crippen LogP contribution in [0.5, 0.6) is 11.5 Å². The third-order valence-corrected chi connectivity index (χ3v) is 5.73. The molecule has 0 fully saturated rings. The Morgan fingerprint density at radius 2 is 1.79 bits per heavy atom. The van der Waals surface area contributed by atoms with Crippen LogP contribution in [0.4, 0.5) is 5.69 Å². The summed E-state index contributed by atoms with van der Waals surface area (Å²) in [5.74, 6) is 0.315. The average molecular weight is 475 g/mol. The summed E-state index contributed by atoms with van der Waals surface area (Å²) in [7, 11) is 1.52. The lowest BCUT2D eigenvalue weighted by atomic mass is 10.1. The van der Waals surface area contributed by atoms with E-state index in [0.29, 0.717) is 34.4 Å². The number of benzene rings is 3. The first-order valence-corrected chi connectivity index (χ1v) is 11.2. The molecule has 0 aliphatic heterocycles. The fourth-order valence-corrected chi connectivity index (χ4v) is 3.94. The molecule has 0 spiro atoms. The normalized spacial score (nSPS) is 11.0. The van der Waals surface area contributed by atoms with Gasteiger partial charge in [-0.1, -0.05) is 53.1 Å². The van der Waals surface area contributed by atoms with Crippen LogP contribution in [0.3, 0.4) is 0 Å². The zero-order valence-corrected chi connectivity index (χ0v) is 20.7. The Bertz CT molecular complexity index is 1290. The number of halogens is 1. The summed E-state index contributed by atoms with van der Waals surface area (Å²) in [6.07, 6.45) is 1.47. The SMILES string of the molecule is COc1cc(/C=C(\C#N)C(=O)Nc2cccc(C)c2C)cc(Cl)c1OCc1cc(C)cc(C)c1. The summed E-state index contributed by atoms with van der Waals surface area (Å²) in [5.41, 5.74) is 6.49. The summed E-state index contributed by atoms with van der Waals surface area (Å²) in [6.45, 7) is 8.28. The van der Waals surface area contributed by atoms with Crippen LogP contribution in [0.25, 0.3) is 6.08 Å². The molecule has 174 valence electrons. The molecule has 3 aromatic carbocycles. The number of carbonyl (C=O) groups is 1. The molecule has 0 atom stereocenters. The Hall–Kier alpha value is -3.75. The number of hydrogen-bond acceptors (Lipinski definition) is 4. The van der Waals surface area contributed by atoms with E-state index in [2.05, 4.69) is 23.5 Å². The van der Waals surface area contributed by atoms with Crippen LogP contribution in [0.2, 0.25) is 5.02 Å². The minimum atomic E-state index is -0.499. The van der Waals surface area contributed by atoms with Gasteiger partial charge in [0, 0.05) is 5.69 Å². The van der Waals surface area contributed by atoms with Crippen LogP contribution < -0.4 is 14.8 Å². The van der Waals surface area contributed by atoms with Gasteiger partial charge in [-0.3, -0.25) is 4.79 Å². The molecular weight excluding hydrogens is 448 g/mol. The van der Waals surface area contributed by atoms with Gasteiger partial charge in [-0.05, 0) is 74.2 Å². The first-order chi connectivity index (χ1) is 16.2. The van der Waals surface area contributed by atoms with Gasteiger partial charge in [0.15, 0.2) is 11.5 Å². The third kappa shape index (κ3) is 5.98. The van der Waals surface area contributed by atoms with E-state index in [1.807, 2.05) is 45.9 Å². The zero-order chi connectivity index (χ0) is 24.8. The maximum Gasteiger partial charge on any atom is 0.266 e. The van der Waals surface area contributed by atoms with Crippen LogP contribution in [-0.2, 0) is 11.4 Å². The molecule has 0 saturated heterocycles. The molecule has 0 radical (unpaired) electrons. The fraction of sp³-hybridized carbons (Fsp3) is 0.214. The van der Waals surface area contributed by atoms with Crippen LogP contribution >= 0.6 is 11.6 Å². The predicted molar refractivity (Wildman–Crippen MR) is 136 cm³/mol. The minimum Gasteiger partial charge on any atom is -0.493 e. The van der Waals surface area contributed by atoms with Gasteiger partial charge in [0.2, 0.25) is 0 Å². The highest BCUT2D eigenvalue weighted by Crippen LogP contribution is 2.37. The van der Waals surface area contributed by atoms with Gasteiger partial charge in [0.05, 0.1) is 12.1 Å². The van der Waals surface area contributed by atoms with Gasteiger partial charge in [0.1, 0.15) is 18.2 Å². The van der Waals surface area contributed by atoms with Crippen molar-refractivity contribution in [3.63, 3.8) is 0 Å². The summed E-state index contributed by atoms with van der Waals surface area (Å²) < 4.78 is 11.5. The lowest BCUT2D eigenvalue weighted by Gasteiger charge is -2.14. The van der Waals surface area contributed by atoms with Crippen molar-refractivity contribution in [1.82, 2.24) is 0 Å². The molecule has 0 aliphatic rings. The molecule has 3 rings (SSSR count). The van der Waals surface area contributed by atoms with E-state index in [4.69, 9.17) is 21.1 Å². The summed E-state index contributed by atoms with van der Waals surface area (Å²) in [5, 5.41) is 12.7. The van der Waals surface area contributed by atoms with E-state index in [-0.39, 0.29) is 5.57 Å². The number of anilines is 1. The monoisotopic (exact) mass is 474 g/mol. The average Bonchev–Trinajstić information content (AvgIpc) is 2.78. The number of nitriles is 1. The Labute approximate surface area is 205 Å². The van der Waals surface area contributed by atoms with Crippen LogP contribution in [-0.4, -0.2) is 13.0 Å². The van der Waals surface area contributed by atoms with Gasteiger partial charge >= 0.3 is 0 Å². The van der Waals surface area contributed by atoms with E-state index >= 15 is 0 Å². The smallest absolute Gasteiger partial charge is 0.266 e. The number of nitrogens with zero attached hydrogens (tertiary/aromatic N) is 1. The van der Waals surface area contributed by atoms with E-state index in [9.17, 15) is 10.1 Å². The zero-order valence-electron chi connectivity index (χ0n) is 20.0. The number of ether oxygens (including phenoxy) is 2.